The summed E-state index contributed by atoms with van der Waals surface area (Å²) < 4.78 is 15.9. The van der Waals surface area contributed by atoms with Crippen molar-refractivity contribution in [3.8, 4) is 17.2 Å². The maximum atomic E-state index is 12.7. The van der Waals surface area contributed by atoms with E-state index >= 15 is 0 Å². The Hall–Kier alpha value is -2.44. The normalized spacial score (nSPS) is 14.3. The molecule has 7 nitrogen and oxygen atoms in total. The van der Waals surface area contributed by atoms with E-state index in [-0.39, 0.29) is 11.8 Å². The fourth-order valence-electron chi connectivity index (χ4n) is 2.83. The van der Waals surface area contributed by atoms with Crippen LogP contribution >= 0.6 is 0 Å². The van der Waals surface area contributed by atoms with Crippen molar-refractivity contribution >= 4 is 17.5 Å². The van der Waals surface area contributed by atoms with Crippen molar-refractivity contribution in [3.63, 3.8) is 0 Å². The first kappa shape index (κ1) is 19.9. The van der Waals surface area contributed by atoms with Crippen LogP contribution in [0.25, 0.3) is 0 Å². The number of rotatable bonds is 10. The first-order valence-electron chi connectivity index (χ1n) is 8.92. The Labute approximate surface area is 154 Å². The smallest absolute Gasteiger partial charge is 0.240 e. The van der Waals surface area contributed by atoms with Crippen molar-refractivity contribution in [2.24, 2.45) is 5.41 Å². The second-order valence-electron chi connectivity index (χ2n) is 6.41. The van der Waals surface area contributed by atoms with Gasteiger partial charge in [-0.15, -0.1) is 0 Å². The van der Waals surface area contributed by atoms with E-state index in [0.717, 1.165) is 19.3 Å². The van der Waals surface area contributed by atoms with Crippen LogP contribution in [0.1, 0.15) is 39.0 Å². The highest BCUT2D eigenvalue weighted by molar-refractivity contribution is 6.13. The maximum absolute atomic E-state index is 12.7. The summed E-state index contributed by atoms with van der Waals surface area (Å²) in [5, 5.41) is 5.69. The molecule has 0 aromatic heterocycles. The van der Waals surface area contributed by atoms with Crippen LogP contribution in [0.5, 0.6) is 17.2 Å². The lowest BCUT2D eigenvalue weighted by molar-refractivity contribution is -0.134. The molecule has 0 heterocycles. The number of methoxy groups -OCH3 is 3. The van der Waals surface area contributed by atoms with Gasteiger partial charge in [-0.25, -0.2) is 0 Å². The molecule has 0 saturated heterocycles. The molecular formula is C19H28N2O5. The molecule has 26 heavy (non-hydrogen) atoms. The van der Waals surface area contributed by atoms with Crippen LogP contribution in [0, 0.1) is 5.41 Å². The van der Waals surface area contributed by atoms with Gasteiger partial charge in [0, 0.05) is 24.4 Å². The molecule has 0 aliphatic heterocycles. The third kappa shape index (κ3) is 4.20. The molecule has 2 N–H and O–H groups in total. The Morgan fingerprint density at radius 1 is 1.00 bits per heavy atom. The SMILES string of the molecule is CCCCCNC(=O)C1(C(=O)Nc2cc(OC)c(OC)c(OC)c2)CC1. The zero-order valence-electron chi connectivity index (χ0n) is 15.9. The zero-order valence-corrected chi connectivity index (χ0v) is 15.9. The molecule has 144 valence electrons. The molecule has 0 unspecified atom stereocenters. The molecule has 1 aromatic carbocycles. The Kier molecular flexibility index (Phi) is 6.71. The standard InChI is InChI=1S/C19H28N2O5/c1-5-6-7-10-20-17(22)19(8-9-19)18(23)21-13-11-14(24-2)16(26-4)15(12-13)25-3/h11-12H,5-10H2,1-4H3,(H,20,22)(H,21,23). The minimum Gasteiger partial charge on any atom is -0.493 e. The molecule has 1 fully saturated rings. The lowest BCUT2D eigenvalue weighted by Crippen LogP contribution is -2.40. The summed E-state index contributed by atoms with van der Waals surface area (Å²) >= 11 is 0. The number of ether oxygens (including phenoxy) is 3. The fraction of sp³-hybridized carbons (Fsp3) is 0.579. The number of carbonyl (C=O) groups is 2. The summed E-state index contributed by atoms with van der Waals surface area (Å²) in [6.07, 6.45) is 4.19. The molecule has 1 aliphatic rings. The molecule has 1 saturated carbocycles. The van der Waals surface area contributed by atoms with E-state index in [4.69, 9.17) is 14.2 Å². The Bertz CT molecular complexity index is 630. The van der Waals surface area contributed by atoms with Gasteiger partial charge in [-0.2, -0.15) is 0 Å². The van der Waals surface area contributed by atoms with Crippen LogP contribution in [0.3, 0.4) is 0 Å². The summed E-state index contributed by atoms with van der Waals surface area (Å²) in [7, 11) is 4.53. The zero-order chi connectivity index (χ0) is 19.2. The topological polar surface area (TPSA) is 85.9 Å². The third-order valence-electron chi connectivity index (χ3n) is 4.61. The number of unbranched alkanes of at least 4 members (excludes halogenated alkanes) is 2. The van der Waals surface area contributed by atoms with E-state index < -0.39 is 5.41 Å². The van der Waals surface area contributed by atoms with Crippen molar-refractivity contribution in [3.05, 3.63) is 12.1 Å². The van der Waals surface area contributed by atoms with Crippen LogP contribution < -0.4 is 24.8 Å². The fourth-order valence-corrected chi connectivity index (χ4v) is 2.83. The number of amides is 2. The second-order valence-corrected chi connectivity index (χ2v) is 6.41. The summed E-state index contributed by atoms with van der Waals surface area (Å²) in [6.45, 7) is 2.71. The number of hydrogen-bond acceptors (Lipinski definition) is 5. The molecule has 0 atom stereocenters. The molecule has 1 aromatic rings. The largest absolute Gasteiger partial charge is 0.493 e. The number of hydrogen-bond donors (Lipinski definition) is 2. The minimum absolute atomic E-state index is 0.196. The molecule has 7 heteroatoms. The van der Waals surface area contributed by atoms with Gasteiger partial charge in [-0.1, -0.05) is 19.8 Å². The van der Waals surface area contributed by atoms with E-state index in [1.54, 1.807) is 12.1 Å². The second kappa shape index (κ2) is 8.78. The number of anilines is 1. The molecular weight excluding hydrogens is 336 g/mol. The molecule has 2 rings (SSSR count). The Morgan fingerprint density at radius 3 is 2.08 bits per heavy atom. The van der Waals surface area contributed by atoms with Gasteiger partial charge in [-0.05, 0) is 19.3 Å². The molecule has 2 amide bonds. The van der Waals surface area contributed by atoms with E-state index in [1.807, 2.05) is 0 Å². The van der Waals surface area contributed by atoms with E-state index in [2.05, 4.69) is 17.6 Å². The van der Waals surface area contributed by atoms with Crippen molar-refractivity contribution < 1.29 is 23.8 Å². The van der Waals surface area contributed by atoms with Gasteiger partial charge in [0.2, 0.25) is 17.6 Å². The summed E-state index contributed by atoms with van der Waals surface area (Å²) in [6, 6.07) is 3.29. The average molecular weight is 364 g/mol. The Morgan fingerprint density at radius 2 is 1.62 bits per heavy atom. The molecule has 0 radical (unpaired) electrons. The lowest BCUT2D eigenvalue weighted by atomic mass is 10.0. The van der Waals surface area contributed by atoms with E-state index in [9.17, 15) is 9.59 Å². The average Bonchev–Trinajstić information content (AvgIpc) is 3.46. The van der Waals surface area contributed by atoms with E-state index in [1.165, 1.54) is 21.3 Å². The monoisotopic (exact) mass is 364 g/mol. The number of benzene rings is 1. The predicted molar refractivity (Wildman–Crippen MR) is 98.9 cm³/mol. The highest BCUT2D eigenvalue weighted by Crippen LogP contribution is 2.47. The van der Waals surface area contributed by atoms with Crippen LogP contribution in [-0.4, -0.2) is 39.7 Å². The number of carbonyl (C=O) groups excluding carboxylic acids is 2. The van der Waals surface area contributed by atoms with Crippen molar-refractivity contribution in [2.75, 3.05) is 33.2 Å². The van der Waals surface area contributed by atoms with Crippen molar-refractivity contribution in [1.29, 1.82) is 0 Å². The van der Waals surface area contributed by atoms with Crippen LogP contribution in [-0.2, 0) is 9.59 Å². The van der Waals surface area contributed by atoms with Crippen LogP contribution in [0.15, 0.2) is 12.1 Å². The van der Waals surface area contributed by atoms with Crippen LogP contribution in [0.4, 0.5) is 5.69 Å². The van der Waals surface area contributed by atoms with Gasteiger partial charge < -0.3 is 24.8 Å². The first-order valence-corrected chi connectivity index (χ1v) is 8.92. The Balaban J connectivity index is 2.08. The van der Waals surface area contributed by atoms with Crippen molar-refractivity contribution in [2.45, 2.75) is 39.0 Å². The quantitative estimate of drug-likeness (QED) is 0.492. The van der Waals surface area contributed by atoms with Gasteiger partial charge in [0.15, 0.2) is 11.5 Å². The van der Waals surface area contributed by atoms with E-state index in [0.29, 0.717) is 42.3 Å². The maximum Gasteiger partial charge on any atom is 0.240 e. The highest BCUT2D eigenvalue weighted by Gasteiger charge is 2.56. The highest BCUT2D eigenvalue weighted by atomic mass is 16.5. The van der Waals surface area contributed by atoms with Gasteiger partial charge >= 0.3 is 0 Å². The summed E-state index contributed by atoms with van der Waals surface area (Å²) in [4.78, 5) is 25.1. The van der Waals surface area contributed by atoms with Gasteiger partial charge in [0.25, 0.3) is 0 Å². The number of nitrogens with one attached hydrogen (secondary N) is 2. The third-order valence-corrected chi connectivity index (χ3v) is 4.61. The molecule has 0 spiro atoms. The van der Waals surface area contributed by atoms with Gasteiger partial charge in [0.05, 0.1) is 21.3 Å². The van der Waals surface area contributed by atoms with Crippen LogP contribution in [0.2, 0.25) is 0 Å². The molecule has 0 bridgehead atoms. The molecule has 1 aliphatic carbocycles. The first-order chi connectivity index (χ1) is 12.5. The summed E-state index contributed by atoms with van der Waals surface area (Å²) in [5.74, 6) is 0.827. The lowest BCUT2D eigenvalue weighted by Gasteiger charge is -2.18. The predicted octanol–water partition coefficient (Wildman–Crippen LogP) is 2.74. The van der Waals surface area contributed by atoms with Crippen molar-refractivity contribution in [1.82, 2.24) is 5.32 Å². The van der Waals surface area contributed by atoms with Gasteiger partial charge in [-0.3, -0.25) is 9.59 Å². The minimum atomic E-state index is -0.966. The summed E-state index contributed by atoms with van der Waals surface area (Å²) in [5.41, 5.74) is -0.471. The van der Waals surface area contributed by atoms with Gasteiger partial charge in [0.1, 0.15) is 5.41 Å².